The molecule has 2 rings (SSSR count). The van der Waals surface area contributed by atoms with Gasteiger partial charge in [0.15, 0.2) is 0 Å². The molecule has 0 fully saturated rings. The number of nitrogens with zero attached hydrogens (tertiary/aromatic N) is 1. The highest BCUT2D eigenvalue weighted by Crippen LogP contribution is 2.25. The van der Waals surface area contributed by atoms with Gasteiger partial charge in [-0.15, -0.1) is 0 Å². The highest BCUT2D eigenvalue weighted by atomic mass is 35.5. The quantitative estimate of drug-likeness (QED) is 0.904. The summed E-state index contributed by atoms with van der Waals surface area (Å²) in [5.74, 6) is -0.206. The minimum Gasteiger partial charge on any atom is -0.370 e. The third kappa shape index (κ3) is 4.19. The fourth-order valence-corrected chi connectivity index (χ4v) is 2.64. The van der Waals surface area contributed by atoms with Gasteiger partial charge in [0.2, 0.25) is 0 Å². The molecule has 0 saturated carbocycles. The maximum absolute atomic E-state index is 14.1. The minimum absolute atomic E-state index is 0.0831. The number of rotatable bonds is 5. The van der Waals surface area contributed by atoms with E-state index in [4.69, 9.17) is 17.3 Å². The van der Waals surface area contributed by atoms with Crippen molar-refractivity contribution in [2.24, 2.45) is 5.73 Å². The van der Waals surface area contributed by atoms with E-state index < -0.39 is 0 Å². The molecule has 0 spiro atoms. The molecular weight excluding hydrogens is 287 g/mol. The van der Waals surface area contributed by atoms with Crippen molar-refractivity contribution >= 4 is 17.3 Å². The lowest BCUT2D eigenvalue weighted by Crippen LogP contribution is -2.23. The Bertz CT molecular complexity index is 613. The van der Waals surface area contributed by atoms with E-state index in [1.165, 1.54) is 6.07 Å². The smallest absolute Gasteiger partial charge is 0.128 e. The van der Waals surface area contributed by atoms with Crippen LogP contribution in [0.4, 0.5) is 10.1 Å². The lowest BCUT2D eigenvalue weighted by molar-refractivity contribution is 0.595. The Kier molecular flexibility index (Phi) is 5.21. The van der Waals surface area contributed by atoms with E-state index in [9.17, 15) is 4.39 Å². The molecule has 1 unspecified atom stereocenters. The van der Waals surface area contributed by atoms with Crippen LogP contribution in [0.1, 0.15) is 18.1 Å². The fourth-order valence-electron chi connectivity index (χ4n) is 2.42. The molecular formula is C17H20ClFN2. The highest BCUT2D eigenvalue weighted by Gasteiger charge is 2.14. The zero-order chi connectivity index (χ0) is 15.4. The van der Waals surface area contributed by atoms with Gasteiger partial charge in [0.1, 0.15) is 5.82 Å². The van der Waals surface area contributed by atoms with Crippen LogP contribution < -0.4 is 10.6 Å². The van der Waals surface area contributed by atoms with Gasteiger partial charge in [-0.1, -0.05) is 29.8 Å². The maximum atomic E-state index is 14.1. The number of nitrogens with two attached hydrogens (primary N) is 1. The molecule has 112 valence electrons. The summed E-state index contributed by atoms with van der Waals surface area (Å²) in [6.45, 7) is 2.54. The standard InChI is InChI=1S/C17H20ClFN2/c1-12(20)9-15-16(19)7-4-8-17(15)21(2)11-13-5-3-6-14(18)10-13/h3-8,10,12H,9,11,20H2,1-2H3. The van der Waals surface area contributed by atoms with Crippen LogP contribution in [0.25, 0.3) is 0 Å². The van der Waals surface area contributed by atoms with Crippen LogP contribution in [0.5, 0.6) is 0 Å². The van der Waals surface area contributed by atoms with Crippen LogP contribution in [0, 0.1) is 5.82 Å². The van der Waals surface area contributed by atoms with Crippen molar-refractivity contribution < 1.29 is 4.39 Å². The van der Waals surface area contributed by atoms with Crippen molar-refractivity contribution in [1.29, 1.82) is 0 Å². The molecule has 0 aromatic heterocycles. The van der Waals surface area contributed by atoms with Crippen LogP contribution in [-0.4, -0.2) is 13.1 Å². The lowest BCUT2D eigenvalue weighted by Gasteiger charge is -2.24. The van der Waals surface area contributed by atoms with E-state index in [0.717, 1.165) is 11.3 Å². The summed E-state index contributed by atoms with van der Waals surface area (Å²) in [4.78, 5) is 2.02. The van der Waals surface area contributed by atoms with Gasteiger partial charge in [0.25, 0.3) is 0 Å². The number of halogens is 2. The van der Waals surface area contributed by atoms with E-state index in [1.807, 2.05) is 49.2 Å². The summed E-state index contributed by atoms with van der Waals surface area (Å²) < 4.78 is 14.1. The van der Waals surface area contributed by atoms with Gasteiger partial charge in [-0.05, 0) is 43.2 Å². The number of anilines is 1. The summed E-state index contributed by atoms with van der Waals surface area (Å²) in [5, 5.41) is 0.705. The first-order chi connectivity index (χ1) is 9.97. The Morgan fingerprint density at radius 2 is 1.95 bits per heavy atom. The molecule has 0 aliphatic carbocycles. The predicted octanol–water partition coefficient (Wildman–Crippen LogP) is 4.01. The first-order valence-electron chi connectivity index (χ1n) is 6.96. The Morgan fingerprint density at radius 3 is 2.62 bits per heavy atom. The number of benzene rings is 2. The second kappa shape index (κ2) is 6.92. The second-order valence-corrected chi connectivity index (χ2v) is 5.84. The molecule has 0 bridgehead atoms. The molecule has 0 aliphatic heterocycles. The third-order valence-corrected chi connectivity index (χ3v) is 3.58. The van der Waals surface area contributed by atoms with Crippen LogP contribution in [-0.2, 0) is 13.0 Å². The van der Waals surface area contributed by atoms with Crippen LogP contribution in [0.3, 0.4) is 0 Å². The zero-order valence-corrected chi connectivity index (χ0v) is 13.1. The Hall–Kier alpha value is -1.58. The van der Waals surface area contributed by atoms with Gasteiger partial charge in [-0.25, -0.2) is 4.39 Å². The second-order valence-electron chi connectivity index (χ2n) is 5.40. The molecule has 2 nitrogen and oxygen atoms in total. The Morgan fingerprint density at radius 1 is 1.24 bits per heavy atom. The molecule has 2 N–H and O–H groups in total. The largest absolute Gasteiger partial charge is 0.370 e. The molecule has 0 heterocycles. The topological polar surface area (TPSA) is 29.3 Å². The van der Waals surface area contributed by atoms with Crippen molar-refractivity contribution in [1.82, 2.24) is 0 Å². The van der Waals surface area contributed by atoms with Crippen molar-refractivity contribution in [2.45, 2.75) is 25.9 Å². The maximum Gasteiger partial charge on any atom is 0.128 e. The van der Waals surface area contributed by atoms with Gasteiger partial charge in [-0.2, -0.15) is 0 Å². The van der Waals surface area contributed by atoms with Gasteiger partial charge in [0, 0.05) is 35.9 Å². The molecule has 2 aromatic rings. The summed E-state index contributed by atoms with van der Waals surface area (Å²) in [6.07, 6.45) is 0.516. The van der Waals surface area contributed by atoms with Crippen LogP contribution >= 0.6 is 11.6 Å². The van der Waals surface area contributed by atoms with E-state index in [2.05, 4.69) is 0 Å². The van der Waals surface area contributed by atoms with Gasteiger partial charge in [0.05, 0.1) is 0 Å². The van der Waals surface area contributed by atoms with Gasteiger partial charge in [-0.3, -0.25) is 0 Å². The van der Waals surface area contributed by atoms with Crippen LogP contribution in [0.2, 0.25) is 5.02 Å². The average molecular weight is 307 g/mol. The third-order valence-electron chi connectivity index (χ3n) is 3.34. The summed E-state index contributed by atoms with van der Waals surface area (Å²) in [5.41, 5.74) is 8.45. The molecule has 0 amide bonds. The molecule has 0 aliphatic rings. The molecule has 2 aromatic carbocycles. The van der Waals surface area contributed by atoms with Crippen molar-refractivity contribution in [3.8, 4) is 0 Å². The average Bonchev–Trinajstić information content (AvgIpc) is 2.40. The van der Waals surface area contributed by atoms with Crippen LogP contribution in [0.15, 0.2) is 42.5 Å². The molecule has 0 radical (unpaired) electrons. The molecule has 4 heteroatoms. The van der Waals surface area contributed by atoms with Gasteiger partial charge >= 0.3 is 0 Å². The van der Waals surface area contributed by atoms with E-state index in [-0.39, 0.29) is 11.9 Å². The zero-order valence-electron chi connectivity index (χ0n) is 12.3. The summed E-state index contributed by atoms with van der Waals surface area (Å²) in [6, 6.07) is 12.7. The summed E-state index contributed by atoms with van der Waals surface area (Å²) in [7, 11) is 1.94. The Labute approximate surface area is 130 Å². The van der Waals surface area contributed by atoms with E-state index in [0.29, 0.717) is 23.6 Å². The molecule has 0 saturated heterocycles. The molecule has 1 atom stereocenters. The first-order valence-corrected chi connectivity index (χ1v) is 7.33. The Balaban J connectivity index is 2.26. The summed E-state index contributed by atoms with van der Waals surface area (Å²) >= 11 is 6.00. The first kappa shape index (κ1) is 15.8. The predicted molar refractivity (Wildman–Crippen MR) is 87.3 cm³/mol. The van der Waals surface area contributed by atoms with E-state index >= 15 is 0 Å². The SMILES string of the molecule is CC(N)Cc1c(F)cccc1N(C)Cc1cccc(Cl)c1. The normalized spacial score (nSPS) is 12.2. The van der Waals surface area contributed by atoms with E-state index in [1.54, 1.807) is 6.07 Å². The molecule has 21 heavy (non-hydrogen) atoms. The van der Waals surface area contributed by atoms with Crippen molar-refractivity contribution in [3.63, 3.8) is 0 Å². The minimum atomic E-state index is -0.206. The van der Waals surface area contributed by atoms with Crippen molar-refractivity contribution in [2.75, 3.05) is 11.9 Å². The van der Waals surface area contributed by atoms with Gasteiger partial charge < -0.3 is 10.6 Å². The number of hydrogen-bond donors (Lipinski definition) is 1. The fraction of sp³-hybridized carbons (Fsp3) is 0.294. The monoisotopic (exact) mass is 306 g/mol. The lowest BCUT2D eigenvalue weighted by atomic mass is 10.0. The van der Waals surface area contributed by atoms with Crippen molar-refractivity contribution in [3.05, 3.63) is 64.4 Å². The number of hydrogen-bond acceptors (Lipinski definition) is 2. The highest BCUT2D eigenvalue weighted by molar-refractivity contribution is 6.30.